The Bertz CT molecular complexity index is 664. The molecular formula is C15H17F2N3O2S. The number of methoxy groups -OCH3 is 1. The van der Waals surface area contributed by atoms with Crippen molar-refractivity contribution in [2.75, 3.05) is 32.1 Å². The zero-order valence-electron chi connectivity index (χ0n) is 12.6. The third-order valence-electron chi connectivity index (χ3n) is 2.93. The van der Waals surface area contributed by atoms with Crippen molar-refractivity contribution in [3.63, 3.8) is 0 Å². The van der Waals surface area contributed by atoms with Gasteiger partial charge in [-0.15, -0.1) is 11.3 Å². The van der Waals surface area contributed by atoms with Crippen molar-refractivity contribution in [3.8, 4) is 0 Å². The van der Waals surface area contributed by atoms with Gasteiger partial charge in [-0.05, 0) is 17.7 Å². The summed E-state index contributed by atoms with van der Waals surface area (Å²) < 4.78 is 30.9. The van der Waals surface area contributed by atoms with Gasteiger partial charge in [0, 0.05) is 31.1 Å². The lowest BCUT2D eigenvalue weighted by molar-refractivity contribution is -0.115. The third-order valence-corrected chi connectivity index (χ3v) is 3.84. The molecule has 23 heavy (non-hydrogen) atoms. The summed E-state index contributed by atoms with van der Waals surface area (Å²) in [5, 5.41) is 6.08. The molecule has 124 valence electrons. The second kappa shape index (κ2) is 8.66. The molecule has 8 heteroatoms. The molecule has 2 N–H and O–H groups in total. The van der Waals surface area contributed by atoms with E-state index in [1.54, 1.807) is 13.3 Å². The van der Waals surface area contributed by atoms with Gasteiger partial charge in [-0.2, -0.15) is 0 Å². The molecule has 2 aromatic rings. The number of nitrogens with one attached hydrogen (secondary N) is 2. The summed E-state index contributed by atoms with van der Waals surface area (Å²) >= 11 is 1.30. The summed E-state index contributed by atoms with van der Waals surface area (Å²) in [6, 6.07) is 3.78. The molecule has 0 aliphatic carbocycles. The topological polar surface area (TPSA) is 63.2 Å². The monoisotopic (exact) mass is 341 g/mol. The number of hydrogen-bond acceptors (Lipinski definition) is 5. The average molecular weight is 341 g/mol. The molecule has 0 atom stereocenters. The van der Waals surface area contributed by atoms with Crippen LogP contribution in [0.5, 0.6) is 0 Å². The van der Waals surface area contributed by atoms with Gasteiger partial charge >= 0.3 is 0 Å². The number of nitrogens with zero attached hydrogens (tertiary/aromatic N) is 1. The van der Waals surface area contributed by atoms with Gasteiger partial charge in [0.1, 0.15) is 0 Å². The van der Waals surface area contributed by atoms with E-state index in [1.807, 2.05) is 0 Å². The first kappa shape index (κ1) is 17.5. The van der Waals surface area contributed by atoms with Crippen molar-refractivity contribution in [2.24, 2.45) is 0 Å². The van der Waals surface area contributed by atoms with E-state index in [9.17, 15) is 13.6 Å². The molecule has 0 fully saturated rings. The molecule has 1 aromatic heterocycles. The smallest absolute Gasteiger partial charge is 0.240 e. The fourth-order valence-electron chi connectivity index (χ4n) is 1.84. The number of anilines is 1. The fraction of sp³-hybridized carbons (Fsp3) is 0.333. The van der Waals surface area contributed by atoms with Crippen molar-refractivity contribution in [1.29, 1.82) is 0 Å². The second-order valence-electron chi connectivity index (χ2n) is 4.77. The Hall–Kier alpha value is -1.90. The maximum atomic E-state index is 13.2. The van der Waals surface area contributed by atoms with Crippen LogP contribution in [0.3, 0.4) is 0 Å². The highest BCUT2D eigenvalue weighted by molar-refractivity contribution is 7.15. The fourth-order valence-corrected chi connectivity index (χ4v) is 2.70. The molecule has 0 unspecified atom stereocenters. The highest BCUT2D eigenvalue weighted by Crippen LogP contribution is 2.21. The van der Waals surface area contributed by atoms with E-state index in [1.165, 1.54) is 17.4 Å². The Morgan fingerprint density at radius 3 is 2.91 bits per heavy atom. The maximum absolute atomic E-state index is 13.2. The van der Waals surface area contributed by atoms with Crippen LogP contribution in [0.1, 0.15) is 10.4 Å². The first-order chi connectivity index (χ1) is 11.1. The van der Waals surface area contributed by atoms with Crippen LogP contribution >= 0.6 is 11.3 Å². The van der Waals surface area contributed by atoms with Gasteiger partial charge in [0.05, 0.1) is 13.2 Å². The Balaban J connectivity index is 1.85. The summed E-state index contributed by atoms with van der Waals surface area (Å²) in [4.78, 5) is 16.6. The Morgan fingerprint density at radius 2 is 2.17 bits per heavy atom. The minimum atomic E-state index is -0.873. The Morgan fingerprint density at radius 1 is 1.35 bits per heavy atom. The first-order valence-electron chi connectivity index (χ1n) is 6.96. The summed E-state index contributed by atoms with van der Waals surface area (Å²) in [6.07, 6.45) is 2.04. The molecule has 0 saturated carbocycles. The van der Waals surface area contributed by atoms with E-state index in [0.29, 0.717) is 30.3 Å². The van der Waals surface area contributed by atoms with Gasteiger partial charge in [0.15, 0.2) is 16.8 Å². The predicted molar refractivity (Wildman–Crippen MR) is 84.7 cm³/mol. The number of carbonyl (C=O) groups is 1. The van der Waals surface area contributed by atoms with Gasteiger partial charge in [-0.25, -0.2) is 13.8 Å². The largest absolute Gasteiger partial charge is 0.383 e. The number of carbonyl (C=O) groups excluding carboxylic acids is 1. The van der Waals surface area contributed by atoms with E-state index in [2.05, 4.69) is 15.6 Å². The van der Waals surface area contributed by atoms with E-state index in [0.717, 1.165) is 17.0 Å². The van der Waals surface area contributed by atoms with Gasteiger partial charge < -0.3 is 15.4 Å². The van der Waals surface area contributed by atoms with Crippen molar-refractivity contribution in [2.45, 2.75) is 6.42 Å². The van der Waals surface area contributed by atoms with Gasteiger partial charge in [0.25, 0.3) is 0 Å². The number of aromatic nitrogens is 1. The van der Waals surface area contributed by atoms with Crippen molar-refractivity contribution >= 4 is 22.4 Å². The van der Waals surface area contributed by atoms with Gasteiger partial charge in [-0.3, -0.25) is 4.79 Å². The van der Waals surface area contributed by atoms with Crippen LogP contribution in [0, 0.1) is 11.6 Å². The van der Waals surface area contributed by atoms with Gasteiger partial charge in [-0.1, -0.05) is 6.07 Å². The number of thiazole rings is 1. The molecule has 0 bridgehead atoms. The van der Waals surface area contributed by atoms with E-state index in [4.69, 9.17) is 4.74 Å². The van der Waals surface area contributed by atoms with Gasteiger partial charge in [0.2, 0.25) is 5.91 Å². The highest BCUT2D eigenvalue weighted by Gasteiger charge is 2.08. The Kier molecular flexibility index (Phi) is 6.57. The second-order valence-corrected chi connectivity index (χ2v) is 5.89. The molecule has 0 saturated heterocycles. The van der Waals surface area contributed by atoms with Crippen LogP contribution < -0.4 is 10.6 Å². The molecule has 5 nitrogen and oxygen atoms in total. The van der Waals surface area contributed by atoms with Crippen LogP contribution in [-0.2, 0) is 16.0 Å². The van der Waals surface area contributed by atoms with Crippen molar-refractivity contribution in [1.82, 2.24) is 10.3 Å². The molecule has 0 radical (unpaired) electrons. The lowest BCUT2D eigenvalue weighted by atomic mass is 10.1. The number of rotatable bonds is 8. The number of amides is 1. The summed E-state index contributed by atoms with van der Waals surface area (Å²) in [5.74, 6) is -1.94. The summed E-state index contributed by atoms with van der Waals surface area (Å²) in [6.45, 7) is 1.29. The lowest BCUT2D eigenvalue weighted by Gasteiger charge is -2.03. The van der Waals surface area contributed by atoms with E-state index in [-0.39, 0.29) is 12.5 Å². The number of benzene rings is 1. The van der Waals surface area contributed by atoms with Crippen LogP contribution in [0.4, 0.5) is 13.9 Å². The Labute approximate surface area is 136 Å². The minimum absolute atomic E-state index is 0.168. The summed E-state index contributed by atoms with van der Waals surface area (Å²) in [7, 11) is 1.59. The van der Waals surface area contributed by atoms with Crippen molar-refractivity contribution in [3.05, 3.63) is 46.5 Å². The molecule has 0 aliphatic heterocycles. The van der Waals surface area contributed by atoms with E-state index < -0.39 is 11.6 Å². The standard InChI is InChI=1S/C15H17F2N3O2S/c1-22-5-4-18-9-14(21)20-15-19-8-11(23-15)6-10-2-3-12(16)13(17)7-10/h2-3,7-8,18H,4-6,9H2,1H3,(H,19,20,21). The molecule has 2 rings (SSSR count). The highest BCUT2D eigenvalue weighted by atomic mass is 32.1. The molecule has 1 amide bonds. The predicted octanol–water partition coefficient (Wildman–Crippen LogP) is 2.19. The molecule has 0 aliphatic rings. The zero-order chi connectivity index (χ0) is 16.7. The zero-order valence-corrected chi connectivity index (χ0v) is 13.4. The summed E-state index contributed by atoms with van der Waals surface area (Å²) in [5.41, 5.74) is 0.645. The number of ether oxygens (including phenoxy) is 1. The van der Waals surface area contributed by atoms with Crippen LogP contribution in [0.2, 0.25) is 0 Å². The molecule has 1 heterocycles. The van der Waals surface area contributed by atoms with Crippen LogP contribution in [0.15, 0.2) is 24.4 Å². The number of hydrogen-bond donors (Lipinski definition) is 2. The van der Waals surface area contributed by atoms with E-state index >= 15 is 0 Å². The third kappa shape index (κ3) is 5.66. The first-order valence-corrected chi connectivity index (χ1v) is 7.78. The SMILES string of the molecule is COCCNCC(=O)Nc1ncc(Cc2ccc(F)c(F)c2)s1. The maximum Gasteiger partial charge on any atom is 0.240 e. The van der Waals surface area contributed by atoms with Crippen LogP contribution in [-0.4, -0.2) is 37.7 Å². The molecule has 1 aromatic carbocycles. The quantitative estimate of drug-likeness (QED) is 0.723. The minimum Gasteiger partial charge on any atom is -0.383 e. The molecular weight excluding hydrogens is 324 g/mol. The average Bonchev–Trinajstić information content (AvgIpc) is 2.94. The lowest BCUT2D eigenvalue weighted by Crippen LogP contribution is -2.30. The number of halogens is 2. The van der Waals surface area contributed by atoms with Crippen molar-refractivity contribution < 1.29 is 18.3 Å². The normalized spacial score (nSPS) is 10.7. The molecule has 0 spiro atoms. The van der Waals surface area contributed by atoms with Crippen LogP contribution in [0.25, 0.3) is 0 Å².